The third-order valence-electron chi connectivity index (χ3n) is 2.99. The van der Waals surface area contributed by atoms with Gasteiger partial charge in [0.05, 0.1) is 6.61 Å². The molecule has 0 aromatic heterocycles. The molecule has 92 valence electrons. The average molecular weight is 239 g/mol. The van der Waals surface area contributed by atoms with Crippen LogP contribution >= 0.6 is 0 Å². The fourth-order valence-corrected chi connectivity index (χ4v) is 1.96. The summed E-state index contributed by atoms with van der Waals surface area (Å²) in [7, 11) is 1.86. The van der Waals surface area contributed by atoms with Gasteiger partial charge in [0.2, 0.25) is 0 Å². The van der Waals surface area contributed by atoms with Gasteiger partial charge < -0.3 is 9.88 Å². The monoisotopic (exact) mass is 239 g/mol. The number of aryl methyl sites for hydroxylation is 1. The smallest absolute Gasteiger partial charge is 0.413 e. The zero-order chi connectivity index (χ0) is 12.8. The Morgan fingerprint density at radius 2 is 1.67 bits per heavy atom. The molecule has 2 nitrogen and oxygen atoms in total. The molecule has 1 N–H and O–H groups in total. The quantitative estimate of drug-likeness (QED) is 0.807. The second-order valence-electron chi connectivity index (χ2n) is 4.32. The van der Waals surface area contributed by atoms with Crippen molar-refractivity contribution in [2.45, 2.75) is 13.5 Å². The van der Waals surface area contributed by atoms with Crippen LogP contribution in [0.5, 0.6) is 0 Å². The van der Waals surface area contributed by atoms with Crippen LogP contribution in [0, 0.1) is 6.92 Å². The molecule has 0 unspecified atom stereocenters. The van der Waals surface area contributed by atoms with E-state index < -0.39 is 0 Å². The second-order valence-corrected chi connectivity index (χ2v) is 4.32. The first-order valence-corrected chi connectivity index (χ1v) is 6.19. The van der Waals surface area contributed by atoms with Crippen molar-refractivity contribution in [2.24, 2.45) is 0 Å². The number of hydrogen-bond acceptors (Lipinski definition) is 2. The normalized spacial score (nSPS) is 10.3. The van der Waals surface area contributed by atoms with E-state index in [-0.39, 0.29) is 7.05 Å². The topological polar surface area (TPSA) is 21.3 Å². The summed E-state index contributed by atoms with van der Waals surface area (Å²) in [5.74, 6) is 0. The van der Waals surface area contributed by atoms with Gasteiger partial charge in [-0.3, -0.25) is 0 Å². The maximum atomic E-state index is 5.93. The van der Waals surface area contributed by atoms with E-state index in [4.69, 9.17) is 4.65 Å². The van der Waals surface area contributed by atoms with E-state index in [2.05, 4.69) is 36.4 Å². The largest absolute Gasteiger partial charge is 0.416 e. The van der Waals surface area contributed by atoms with Gasteiger partial charge in [0, 0.05) is 0 Å². The third-order valence-corrected chi connectivity index (χ3v) is 2.99. The highest BCUT2D eigenvalue weighted by atomic mass is 16.4. The van der Waals surface area contributed by atoms with E-state index in [1.807, 2.05) is 37.4 Å². The predicted octanol–water partition coefficient (Wildman–Crippen LogP) is 2.13. The van der Waals surface area contributed by atoms with E-state index in [0.29, 0.717) is 6.61 Å². The molecule has 0 amide bonds. The molecule has 0 aliphatic rings. The lowest BCUT2D eigenvalue weighted by Gasteiger charge is -2.15. The fraction of sp³-hybridized carbons (Fsp3) is 0.200. The molecule has 0 heterocycles. The number of rotatable bonds is 5. The van der Waals surface area contributed by atoms with Crippen LogP contribution in [-0.4, -0.2) is 14.1 Å². The van der Waals surface area contributed by atoms with E-state index in [9.17, 15) is 0 Å². The van der Waals surface area contributed by atoms with Crippen molar-refractivity contribution in [1.82, 2.24) is 5.23 Å². The molecule has 0 saturated carbocycles. The summed E-state index contributed by atoms with van der Waals surface area (Å²) in [5, 5.41) is 3.21. The molecule has 2 aromatic carbocycles. The molecule has 3 heteroatoms. The summed E-state index contributed by atoms with van der Waals surface area (Å²) in [6.07, 6.45) is 0. The maximum absolute atomic E-state index is 5.93. The first kappa shape index (κ1) is 12.9. The minimum absolute atomic E-state index is 0.0635. The van der Waals surface area contributed by atoms with Crippen LogP contribution in [0.2, 0.25) is 0 Å². The lowest BCUT2D eigenvalue weighted by Crippen LogP contribution is -2.46. The lowest BCUT2D eigenvalue weighted by molar-refractivity contribution is 0.309. The lowest BCUT2D eigenvalue weighted by atomic mass is 9.71. The predicted molar refractivity (Wildman–Crippen MR) is 76.9 cm³/mol. The van der Waals surface area contributed by atoms with Crippen molar-refractivity contribution < 1.29 is 4.65 Å². The van der Waals surface area contributed by atoms with Crippen LogP contribution in [0.15, 0.2) is 54.6 Å². The molecule has 2 aromatic rings. The van der Waals surface area contributed by atoms with Gasteiger partial charge in [-0.15, -0.1) is 0 Å². The number of benzene rings is 2. The van der Waals surface area contributed by atoms with Crippen LogP contribution in [0.25, 0.3) is 0 Å². The SMILES string of the molecule is CNB(OCc1ccccc1)c1ccccc1C. The molecule has 0 bridgehead atoms. The maximum Gasteiger partial charge on any atom is 0.416 e. The first-order valence-electron chi connectivity index (χ1n) is 6.19. The highest BCUT2D eigenvalue weighted by molar-refractivity contribution is 6.65. The molecular formula is C15H18BNO. The number of hydrogen-bond donors (Lipinski definition) is 1. The Hall–Kier alpha value is -1.58. The van der Waals surface area contributed by atoms with Gasteiger partial charge >= 0.3 is 7.05 Å². The summed E-state index contributed by atoms with van der Waals surface area (Å²) >= 11 is 0. The average Bonchev–Trinajstić information content (AvgIpc) is 2.42. The summed E-state index contributed by atoms with van der Waals surface area (Å²) in [6.45, 7) is 2.71. The summed E-state index contributed by atoms with van der Waals surface area (Å²) in [6, 6.07) is 18.5. The third kappa shape index (κ3) is 3.22. The molecule has 18 heavy (non-hydrogen) atoms. The van der Waals surface area contributed by atoms with Gasteiger partial charge in [0.25, 0.3) is 0 Å². The van der Waals surface area contributed by atoms with Crippen molar-refractivity contribution in [3.63, 3.8) is 0 Å². The van der Waals surface area contributed by atoms with Gasteiger partial charge in [0.1, 0.15) is 0 Å². The van der Waals surface area contributed by atoms with Gasteiger partial charge in [-0.1, -0.05) is 60.2 Å². The van der Waals surface area contributed by atoms with E-state index in [0.717, 1.165) is 0 Å². The minimum Gasteiger partial charge on any atom is -0.413 e. The Bertz CT molecular complexity index is 487. The molecular weight excluding hydrogens is 221 g/mol. The van der Waals surface area contributed by atoms with Crippen LogP contribution in [-0.2, 0) is 11.3 Å². The van der Waals surface area contributed by atoms with Gasteiger partial charge in [0.15, 0.2) is 0 Å². The minimum atomic E-state index is -0.0635. The zero-order valence-electron chi connectivity index (χ0n) is 10.9. The van der Waals surface area contributed by atoms with E-state index in [1.165, 1.54) is 16.6 Å². The molecule has 0 saturated heterocycles. The van der Waals surface area contributed by atoms with Gasteiger partial charge in [-0.05, 0) is 25.0 Å². The highest BCUT2D eigenvalue weighted by Crippen LogP contribution is 2.02. The van der Waals surface area contributed by atoms with Crippen LogP contribution < -0.4 is 10.7 Å². The molecule has 0 aliphatic carbocycles. The van der Waals surface area contributed by atoms with Crippen molar-refractivity contribution in [2.75, 3.05) is 7.05 Å². The Balaban J connectivity index is 2.04. The van der Waals surface area contributed by atoms with E-state index >= 15 is 0 Å². The second kappa shape index (κ2) is 6.38. The first-order chi connectivity index (χ1) is 8.81. The van der Waals surface area contributed by atoms with Crippen LogP contribution in [0.4, 0.5) is 0 Å². The Morgan fingerprint density at radius 3 is 2.33 bits per heavy atom. The summed E-state index contributed by atoms with van der Waals surface area (Å²) in [5.41, 5.74) is 3.62. The Kier molecular flexibility index (Phi) is 4.56. The van der Waals surface area contributed by atoms with Crippen molar-refractivity contribution in [1.29, 1.82) is 0 Å². The molecule has 0 aliphatic heterocycles. The zero-order valence-corrected chi connectivity index (χ0v) is 10.9. The van der Waals surface area contributed by atoms with Gasteiger partial charge in [-0.2, -0.15) is 0 Å². The highest BCUT2D eigenvalue weighted by Gasteiger charge is 2.18. The summed E-state index contributed by atoms with van der Waals surface area (Å²) in [4.78, 5) is 0. The molecule has 0 radical (unpaired) electrons. The standard InChI is InChI=1S/C15H18BNO/c1-13-8-6-7-11-15(13)16(17-2)18-12-14-9-4-3-5-10-14/h3-11,17H,12H2,1-2H3. The van der Waals surface area contributed by atoms with Crippen molar-refractivity contribution in [3.05, 3.63) is 65.7 Å². The number of nitrogens with one attached hydrogen (secondary N) is 1. The molecule has 0 fully saturated rings. The Labute approximate surface area is 109 Å². The van der Waals surface area contributed by atoms with Gasteiger partial charge in [-0.25, -0.2) is 0 Å². The molecule has 2 rings (SSSR count). The van der Waals surface area contributed by atoms with E-state index in [1.54, 1.807) is 0 Å². The summed E-state index contributed by atoms with van der Waals surface area (Å²) < 4.78 is 5.93. The molecule has 0 spiro atoms. The van der Waals surface area contributed by atoms with Crippen molar-refractivity contribution in [3.8, 4) is 0 Å². The molecule has 0 atom stereocenters. The van der Waals surface area contributed by atoms with Crippen LogP contribution in [0.3, 0.4) is 0 Å². The van der Waals surface area contributed by atoms with Crippen molar-refractivity contribution >= 4 is 12.5 Å². The fourth-order valence-electron chi connectivity index (χ4n) is 1.96. The van der Waals surface area contributed by atoms with Crippen LogP contribution in [0.1, 0.15) is 11.1 Å². The Morgan fingerprint density at radius 1 is 1.00 bits per heavy atom.